The number of carbonyl (C=O) groups is 2. The van der Waals surface area contributed by atoms with E-state index < -0.39 is 4.92 Å². The van der Waals surface area contributed by atoms with Gasteiger partial charge in [-0.05, 0) is 32.4 Å². The Morgan fingerprint density at radius 1 is 1.25 bits per heavy atom. The van der Waals surface area contributed by atoms with Crippen molar-refractivity contribution in [2.24, 2.45) is 0 Å². The van der Waals surface area contributed by atoms with Gasteiger partial charge in [-0.3, -0.25) is 19.7 Å². The molecule has 2 rings (SSSR count). The fraction of sp³-hybridized carbons (Fsp3) is 0.579. The zero-order valence-corrected chi connectivity index (χ0v) is 16.6. The number of nitro groups is 1. The number of nitrogens with one attached hydrogen (secondary N) is 1. The highest BCUT2D eigenvalue weighted by atomic mass is 16.6. The SMILES string of the molecule is CC(=O)N1CCN(c2ccc(C(=O)NCCCOC(C)C)cc2[N+](=O)[O-])CC1. The topological polar surface area (TPSA) is 105 Å². The predicted molar refractivity (Wildman–Crippen MR) is 106 cm³/mol. The first kappa shape index (κ1) is 21.6. The molecule has 0 radical (unpaired) electrons. The van der Waals surface area contributed by atoms with Crippen molar-refractivity contribution >= 4 is 23.2 Å². The number of hydrogen-bond donors (Lipinski definition) is 1. The molecule has 1 aromatic rings. The summed E-state index contributed by atoms with van der Waals surface area (Å²) in [5, 5.41) is 14.3. The Balaban J connectivity index is 2.01. The maximum absolute atomic E-state index is 12.3. The molecule has 9 heteroatoms. The van der Waals surface area contributed by atoms with Gasteiger partial charge in [0.1, 0.15) is 5.69 Å². The number of amides is 2. The van der Waals surface area contributed by atoms with Crippen molar-refractivity contribution in [3.8, 4) is 0 Å². The highest BCUT2D eigenvalue weighted by molar-refractivity contribution is 5.95. The molecule has 0 saturated carbocycles. The Morgan fingerprint density at radius 3 is 2.50 bits per heavy atom. The summed E-state index contributed by atoms with van der Waals surface area (Å²) in [7, 11) is 0. The second-order valence-corrected chi connectivity index (χ2v) is 6.98. The van der Waals surface area contributed by atoms with Crippen LogP contribution in [0.15, 0.2) is 18.2 Å². The molecule has 0 unspecified atom stereocenters. The Morgan fingerprint density at radius 2 is 1.93 bits per heavy atom. The van der Waals surface area contributed by atoms with Crippen molar-refractivity contribution in [3.05, 3.63) is 33.9 Å². The zero-order chi connectivity index (χ0) is 20.7. The lowest BCUT2D eigenvalue weighted by Gasteiger charge is -2.35. The highest BCUT2D eigenvalue weighted by Crippen LogP contribution is 2.30. The second kappa shape index (κ2) is 10.0. The van der Waals surface area contributed by atoms with Crippen LogP contribution < -0.4 is 10.2 Å². The van der Waals surface area contributed by atoms with Crippen LogP contribution in [0.2, 0.25) is 0 Å². The Kier molecular flexibility index (Phi) is 7.74. The average molecular weight is 392 g/mol. The molecular formula is C19H28N4O5. The number of ether oxygens (including phenoxy) is 1. The molecule has 1 aromatic carbocycles. The van der Waals surface area contributed by atoms with Gasteiger partial charge in [-0.2, -0.15) is 0 Å². The smallest absolute Gasteiger partial charge is 0.293 e. The predicted octanol–water partition coefficient (Wildman–Crippen LogP) is 1.81. The van der Waals surface area contributed by atoms with E-state index >= 15 is 0 Å². The molecule has 1 aliphatic rings. The van der Waals surface area contributed by atoms with Gasteiger partial charge in [0.2, 0.25) is 5.91 Å². The van der Waals surface area contributed by atoms with E-state index in [-0.39, 0.29) is 29.2 Å². The zero-order valence-electron chi connectivity index (χ0n) is 16.6. The normalized spacial score (nSPS) is 14.3. The third kappa shape index (κ3) is 5.91. The van der Waals surface area contributed by atoms with E-state index in [4.69, 9.17) is 4.74 Å². The molecule has 154 valence electrons. The van der Waals surface area contributed by atoms with E-state index in [9.17, 15) is 19.7 Å². The maximum Gasteiger partial charge on any atom is 0.293 e. The number of piperazine rings is 1. The Hall–Kier alpha value is -2.68. The lowest BCUT2D eigenvalue weighted by Crippen LogP contribution is -2.48. The van der Waals surface area contributed by atoms with Crippen LogP contribution in [-0.2, 0) is 9.53 Å². The first-order valence-electron chi connectivity index (χ1n) is 9.48. The summed E-state index contributed by atoms with van der Waals surface area (Å²) >= 11 is 0. The molecule has 1 aliphatic heterocycles. The van der Waals surface area contributed by atoms with Gasteiger partial charge in [0.05, 0.1) is 11.0 Å². The molecule has 2 amide bonds. The van der Waals surface area contributed by atoms with Crippen molar-refractivity contribution in [2.45, 2.75) is 33.3 Å². The molecule has 0 atom stereocenters. The number of hydrogen-bond acceptors (Lipinski definition) is 6. The maximum atomic E-state index is 12.3. The minimum Gasteiger partial charge on any atom is -0.379 e. The number of anilines is 1. The van der Waals surface area contributed by atoms with E-state index in [1.807, 2.05) is 18.7 Å². The molecule has 0 aliphatic carbocycles. The molecule has 1 heterocycles. The average Bonchev–Trinajstić information content (AvgIpc) is 2.66. The fourth-order valence-corrected chi connectivity index (χ4v) is 3.04. The van der Waals surface area contributed by atoms with Gasteiger partial charge in [-0.15, -0.1) is 0 Å². The van der Waals surface area contributed by atoms with Gasteiger partial charge in [0.25, 0.3) is 11.6 Å². The molecule has 9 nitrogen and oxygen atoms in total. The molecule has 1 saturated heterocycles. The minimum atomic E-state index is -0.472. The largest absolute Gasteiger partial charge is 0.379 e. The molecule has 0 aromatic heterocycles. The molecule has 1 fully saturated rings. The van der Waals surface area contributed by atoms with E-state index in [0.717, 1.165) is 0 Å². The van der Waals surface area contributed by atoms with E-state index in [1.165, 1.54) is 13.0 Å². The van der Waals surface area contributed by atoms with Crippen LogP contribution in [0.1, 0.15) is 37.6 Å². The quantitative estimate of drug-likeness (QED) is 0.411. The summed E-state index contributed by atoms with van der Waals surface area (Å²) < 4.78 is 5.41. The monoisotopic (exact) mass is 392 g/mol. The van der Waals surface area contributed by atoms with Crippen molar-refractivity contribution < 1.29 is 19.2 Å². The van der Waals surface area contributed by atoms with Crippen molar-refractivity contribution in [3.63, 3.8) is 0 Å². The summed E-state index contributed by atoms with van der Waals surface area (Å²) in [5.74, 6) is -0.347. The number of benzene rings is 1. The van der Waals surface area contributed by atoms with Gasteiger partial charge in [-0.25, -0.2) is 0 Å². The Bertz CT molecular complexity index is 714. The highest BCUT2D eigenvalue weighted by Gasteiger charge is 2.25. The summed E-state index contributed by atoms with van der Waals surface area (Å²) in [4.78, 5) is 38.4. The van der Waals surface area contributed by atoms with Gasteiger partial charge in [0.15, 0.2) is 0 Å². The number of carbonyl (C=O) groups excluding carboxylic acids is 2. The van der Waals surface area contributed by atoms with E-state index in [0.29, 0.717) is 51.4 Å². The molecular weight excluding hydrogens is 364 g/mol. The summed E-state index contributed by atoms with van der Waals surface area (Å²) in [6, 6.07) is 4.52. The van der Waals surface area contributed by atoms with Crippen LogP contribution in [0.5, 0.6) is 0 Å². The summed E-state index contributed by atoms with van der Waals surface area (Å²) in [5.41, 5.74) is 0.616. The number of nitro benzene ring substituents is 1. The van der Waals surface area contributed by atoms with E-state index in [1.54, 1.807) is 17.0 Å². The van der Waals surface area contributed by atoms with E-state index in [2.05, 4.69) is 5.32 Å². The van der Waals surface area contributed by atoms with Gasteiger partial charge < -0.3 is 19.9 Å². The summed E-state index contributed by atoms with van der Waals surface area (Å²) in [6.07, 6.45) is 0.813. The first-order chi connectivity index (χ1) is 13.3. The first-order valence-corrected chi connectivity index (χ1v) is 9.48. The van der Waals surface area contributed by atoms with Crippen molar-refractivity contribution in [2.75, 3.05) is 44.2 Å². The third-order valence-electron chi connectivity index (χ3n) is 4.56. The van der Waals surface area contributed by atoms with Crippen LogP contribution in [0.3, 0.4) is 0 Å². The fourth-order valence-electron chi connectivity index (χ4n) is 3.04. The van der Waals surface area contributed by atoms with Crippen LogP contribution >= 0.6 is 0 Å². The second-order valence-electron chi connectivity index (χ2n) is 6.98. The lowest BCUT2D eigenvalue weighted by atomic mass is 10.1. The van der Waals surface area contributed by atoms with Gasteiger partial charge in [-0.1, -0.05) is 0 Å². The minimum absolute atomic E-state index is 0.0000344. The standard InChI is InChI=1S/C19H28N4O5/c1-14(2)28-12-4-7-20-19(25)16-5-6-17(18(13-16)23(26)27)22-10-8-21(9-11-22)15(3)24/h5-6,13-14H,4,7-12H2,1-3H3,(H,20,25). The van der Waals surface area contributed by atoms with Crippen LogP contribution in [0.25, 0.3) is 0 Å². The van der Waals surface area contributed by atoms with Crippen LogP contribution in [0, 0.1) is 10.1 Å². The number of rotatable bonds is 8. The van der Waals surface area contributed by atoms with Crippen molar-refractivity contribution in [1.82, 2.24) is 10.2 Å². The van der Waals surface area contributed by atoms with Crippen LogP contribution in [-0.4, -0.2) is 67.1 Å². The molecule has 0 spiro atoms. The van der Waals surface area contributed by atoms with Gasteiger partial charge >= 0.3 is 0 Å². The Labute approximate surface area is 164 Å². The number of nitrogens with zero attached hydrogens (tertiary/aromatic N) is 3. The lowest BCUT2D eigenvalue weighted by molar-refractivity contribution is -0.384. The molecule has 1 N–H and O–H groups in total. The summed E-state index contributed by atoms with van der Waals surface area (Å²) in [6.45, 7) is 8.46. The molecule has 0 bridgehead atoms. The third-order valence-corrected chi connectivity index (χ3v) is 4.56. The van der Waals surface area contributed by atoms with Crippen molar-refractivity contribution in [1.29, 1.82) is 0 Å². The van der Waals surface area contributed by atoms with Gasteiger partial charge in [0, 0.05) is 57.9 Å². The molecule has 28 heavy (non-hydrogen) atoms. The van der Waals surface area contributed by atoms with Crippen LogP contribution in [0.4, 0.5) is 11.4 Å².